The summed E-state index contributed by atoms with van der Waals surface area (Å²) in [6, 6.07) is 9.86. The van der Waals surface area contributed by atoms with E-state index in [1.165, 1.54) is 22.4 Å². The van der Waals surface area contributed by atoms with Crippen molar-refractivity contribution in [1.82, 2.24) is 19.7 Å². The minimum Gasteiger partial charge on any atom is -0.342 e. The zero-order valence-corrected chi connectivity index (χ0v) is 16.1. The molecule has 7 heteroatoms. The molecule has 140 valence electrons. The molecule has 0 aliphatic carbocycles. The van der Waals surface area contributed by atoms with Crippen LogP contribution in [0.5, 0.6) is 0 Å². The predicted molar refractivity (Wildman–Crippen MR) is 106 cm³/mol. The van der Waals surface area contributed by atoms with Crippen LogP contribution in [0.3, 0.4) is 0 Å². The highest BCUT2D eigenvalue weighted by molar-refractivity contribution is 7.12. The third-order valence-electron chi connectivity index (χ3n) is 4.98. The van der Waals surface area contributed by atoms with Gasteiger partial charge in [-0.05, 0) is 26.2 Å². The van der Waals surface area contributed by atoms with Gasteiger partial charge in [0.1, 0.15) is 0 Å². The lowest BCUT2D eigenvalue weighted by Gasteiger charge is -2.26. The van der Waals surface area contributed by atoms with Crippen LogP contribution >= 0.6 is 11.3 Å². The molecule has 3 heterocycles. The highest BCUT2D eigenvalue weighted by atomic mass is 32.1. The van der Waals surface area contributed by atoms with Gasteiger partial charge in [0.05, 0.1) is 12.1 Å². The van der Waals surface area contributed by atoms with Crippen LogP contribution in [0, 0.1) is 6.92 Å². The monoisotopic (exact) mass is 382 g/mol. The van der Waals surface area contributed by atoms with Crippen molar-refractivity contribution in [2.24, 2.45) is 0 Å². The molecule has 0 radical (unpaired) electrons. The maximum absolute atomic E-state index is 12.9. The molecule has 27 heavy (non-hydrogen) atoms. The summed E-state index contributed by atoms with van der Waals surface area (Å²) in [5.41, 5.74) is 2.91. The number of benzene rings is 1. The second-order valence-electron chi connectivity index (χ2n) is 6.86. The molecule has 0 unspecified atom stereocenters. The third-order valence-corrected chi connectivity index (χ3v) is 5.81. The van der Waals surface area contributed by atoms with Crippen molar-refractivity contribution >= 4 is 17.2 Å². The molecule has 0 bridgehead atoms. The fraction of sp³-hybridized carbons (Fsp3) is 0.350. The molecule has 0 atom stereocenters. The van der Waals surface area contributed by atoms with E-state index in [9.17, 15) is 9.59 Å². The number of aryl methyl sites for hydroxylation is 1. The SMILES string of the molecule is Cc1[nH]n(-c2nc(-c3ccccc3)cs2)c(=O)c1CC(=O)N1CCCCC1. The zero-order chi connectivity index (χ0) is 18.8. The molecular formula is C20H22N4O2S. The second-order valence-corrected chi connectivity index (χ2v) is 7.69. The second kappa shape index (κ2) is 7.52. The molecular weight excluding hydrogens is 360 g/mol. The van der Waals surface area contributed by atoms with E-state index in [0.29, 0.717) is 10.7 Å². The normalized spacial score (nSPS) is 14.5. The molecule has 3 aromatic rings. The van der Waals surface area contributed by atoms with Crippen LogP contribution in [0.2, 0.25) is 0 Å². The number of carbonyl (C=O) groups excluding carboxylic acids is 1. The Balaban J connectivity index is 1.59. The highest BCUT2D eigenvalue weighted by Gasteiger charge is 2.22. The lowest BCUT2D eigenvalue weighted by atomic mass is 10.1. The Bertz CT molecular complexity index is 997. The van der Waals surface area contributed by atoms with Crippen LogP contribution in [-0.4, -0.2) is 38.7 Å². The lowest BCUT2D eigenvalue weighted by Crippen LogP contribution is -2.37. The van der Waals surface area contributed by atoms with Gasteiger partial charge in [-0.3, -0.25) is 14.7 Å². The number of carbonyl (C=O) groups is 1. The number of H-pyrrole nitrogens is 1. The summed E-state index contributed by atoms with van der Waals surface area (Å²) in [6.07, 6.45) is 3.41. The van der Waals surface area contributed by atoms with E-state index < -0.39 is 0 Å². The molecule has 2 aromatic heterocycles. The summed E-state index contributed by atoms with van der Waals surface area (Å²) in [7, 11) is 0. The number of aromatic nitrogens is 3. The standard InChI is InChI=1S/C20H22N4O2S/c1-14-16(12-18(25)23-10-6-3-7-11-23)19(26)24(22-14)20-21-17(13-27-20)15-8-4-2-5-9-15/h2,4-5,8-9,13,22H,3,6-7,10-12H2,1H3. The molecule has 4 rings (SSSR count). The van der Waals surface area contributed by atoms with E-state index in [1.807, 2.05) is 47.5 Å². The predicted octanol–water partition coefficient (Wildman–Crippen LogP) is 3.15. The first-order valence-electron chi connectivity index (χ1n) is 9.23. The average molecular weight is 382 g/mol. The van der Waals surface area contributed by atoms with E-state index >= 15 is 0 Å². The Hall–Kier alpha value is -2.67. The number of nitrogens with one attached hydrogen (secondary N) is 1. The van der Waals surface area contributed by atoms with Crippen molar-refractivity contribution in [3.8, 4) is 16.4 Å². The summed E-state index contributed by atoms with van der Waals surface area (Å²) in [5, 5.41) is 5.60. The minimum atomic E-state index is -0.188. The van der Waals surface area contributed by atoms with Crippen molar-refractivity contribution in [2.75, 3.05) is 13.1 Å². The Morgan fingerprint density at radius 1 is 1.19 bits per heavy atom. The summed E-state index contributed by atoms with van der Waals surface area (Å²) in [5.74, 6) is 0.0326. The summed E-state index contributed by atoms with van der Waals surface area (Å²) < 4.78 is 1.45. The van der Waals surface area contributed by atoms with Crippen LogP contribution in [-0.2, 0) is 11.2 Å². The fourth-order valence-corrected chi connectivity index (χ4v) is 4.23. The van der Waals surface area contributed by atoms with Gasteiger partial charge in [-0.1, -0.05) is 30.3 Å². The van der Waals surface area contributed by atoms with Crippen molar-refractivity contribution in [3.05, 3.63) is 57.3 Å². The van der Waals surface area contributed by atoms with E-state index in [2.05, 4.69) is 10.1 Å². The number of likely N-dealkylation sites (tertiary alicyclic amines) is 1. The summed E-state index contributed by atoms with van der Waals surface area (Å²) in [6.45, 7) is 3.43. The summed E-state index contributed by atoms with van der Waals surface area (Å²) >= 11 is 1.41. The van der Waals surface area contributed by atoms with Crippen LogP contribution in [0.4, 0.5) is 0 Å². The molecule has 6 nitrogen and oxygen atoms in total. The van der Waals surface area contributed by atoms with Crippen LogP contribution in [0.15, 0.2) is 40.5 Å². The van der Waals surface area contributed by atoms with Gasteiger partial charge in [-0.25, -0.2) is 4.98 Å². The van der Waals surface area contributed by atoms with Gasteiger partial charge in [0.15, 0.2) is 0 Å². The molecule has 1 amide bonds. The first-order chi connectivity index (χ1) is 13.1. The number of piperidine rings is 1. The van der Waals surface area contributed by atoms with Gasteiger partial charge in [0, 0.05) is 35.3 Å². The Labute approximate surface area is 161 Å². The maximum atomic E-state index is 12.9. The molecule has 1 aromatic carbocycles. The van der Waals surface area contributed by atoms with Crippen LogP contribution in [0.25, 0.3) is 16.4 Å². The largest absolute Gasteiger partial charge is 0.342 e. The first-order valence-corrected chi connectivity index (χ1v) is 10.1. The Morgan fingerprint density at radius 3 is 2.67 bits per heavy atom. The topological polar surface area (TPSA) is 71.0 Å². The fourth-order valence-electron chi connectivity index (χ4n) is 3.44. The average Bonchev–Trinajstić information content (AvgIpc) is 3.30. The van der Waals surface area contributed by atoms with Gasteiger partial charge in [0.2, 0.25) is 11.0 Å². The van der Waals surface area contributed by atoms with Gasteiger partial charge in [-0.15, -0.1) is 11.3 Å². The molecule has 0 saturated carbocycles. The smallest absolute Gasteiger partial charge is 0.277 e. The van der Waals surface area contributed by atoms with Crippen molar-refractivity contribution < 1.29 is 4.79 Å². The molecule has 1 saturated heterocycles. The number of aromatic amines is 1. The van der Waals surface area contributed by atoms with Crippen molar-refractivity contribution in [2.45, 2.75) is 32.6 Å². The third kappa shape index (κ3) is 3.60. The van der Waals surface area contributed by atoms with E-state index in [1.54, 1.807) is 0 Å². The molecule has 1 N–H and O–H groups in total. The van der Waals surface area contributed by atoms with E-state index in [0.717, 1.165) is 42.9 Å². The number of hydrogen-bond donors (Lipinski definition) is 1. The number of nitrogens with zero attached hydrogens (tertiary/aromatic N) is 3. The van der Waals surface area contributed by atoms with Crippen molar-refractivity contribution in [1.29, 1.82) is 0 Å². The van der Waals surface area contributed by atoms with Gasteiger partial charge in [-0.2, -0.15) is 4.68 Å². The zero-order valence-electron chi connectivity index (χ0n) is 15.3. The van der Waals surface area contributed by atoms with E-state index in [-0.39, 0.29) is 17.9 Å². The first kappa shape index (κ1) is 17.7. The number of rotatable bonds is 4. The van der Waals surface area contributed by atoms with Crippen LogP contribution in [0.1, 0.15) is 30.5 Å². The minimum absolute atomic E-state index is 0.0326. The molecule has 1 aliphatic heterocycles. The van der Waals surface area contributed by atoms with Crippen molar-refractivity contribution in [3.63, 3.8) is 0 Å². The molecule has 1 fully saturated rings. The number of hydrogen-bond acceptors (Lipinski definition) is 4. The maximum Gasteiger partial charge on any atom is 0.277 e. The lowest BCUT2D eigenvalue weighted by molar-refractivity contribution is -0.131. The van der Waals surface area contributed by atoms with E-state index in [4.69, 9.17) is 0 Å². The van der Waals surface area contributed by atoms with Gasteiger partial charge < -0.3 is 4.90 Å². The number of amides is 1. The van der Waals surface area contributed by atoms with Gasteiger partial charge in [0.25, 0.3) is 5.56 Å². The number of thiazole rings is 1. The van der Waals surface area contributed by atoms with Gasteiger partial charge >= 0.3 is 0 Å². The Kier molecular flexibility index (Phi) is 4.94. The highest BCUT2D eigenvalue weighted by Crippen LogP contribution is 2.23. The quantitative estimate of drug-likeness (QED) is 0.753. The summed E-state index contributed by atoms with van der Waals surface area (Å²) in [4.78, 5) is 31.9. The Morgan fingerprint density at radius 2 is 1.93 bits per heavy atom. The van der Waals surface area contributed by atoms with Crippen LogP contribution < -0.4 is 5.56 Å². The molecule has 1 aliphatic rings. The molecule has 0 spiro atoms.